The van der Waals surface area contributed by atoms with Crippen molar-refractivity contribution in [3.8, 4) is 5.75 Å². The van der Waals surface area contributed by atoms with Crippen LogP contribution in [0.25, 0.3) is 0 Å². The quantitative estimate of drug-likeness (QED) is 0.527. The lowest BCUT2D eigenvalue weighted by atomic mass is 9.91. The van der Waals surface area contributed by atoms with Crippen molar-refractivity contribution in [1.82, 2.24) is 4.57 Å². The Morgan fingerprint density at radius 2 is 1.62 bits per heavy atom. The first-order valence-electron chi connectivity index (χ1n) is 10.8. The second-order valence-electron chi connectivity index (χ2n) is 9.05. The van der Waals surface area contributed by atoms with Gasteiger partial charge in [-0.05, 0) is 45.4 Å². The summed E-state index contributed by atoms with van der Waals surface area (Å²) < 4.78 is 41.1. The highest BCUT2D eigenvalue weighted by atomic mass is 19.1. The highest BCUT2D eigenvalue weighted by Crippen LogP contribution is 2.25. The molecule has 0 fully saturated rings. The van der Waals surface area contributed by atoms with Gasteiger partial charge in [0.05, 0.1) is 12.2 Å². The molecule has 2 aromatic carbocycles. The molecule has 0 spiro atoms. The molecule has 180 valence electrons. The van der Waals surface area contributed by atoms with Crippen molar-refractivity contribution in [3.63, 3.8) is 0 Å². The molecule has 0 aliphatic rings. The minimum Gasteiger partial charge on any atom is -0.485 e. The molecule has 3 rings (SSSR count). The first-order valence-corrected chi connectivity index (χ1v) is 10.8. The van der Waals surface area contributed by atoms with Crippen LogP contribution in [0.2, 0.25) is 0 Å². The van der Waals surface area contributed by atoms with E-state index in [1.54, 1.807) is 58.0 Å². The Morgan fingerprint density at radius 1 is 1.00 bits per heavy atom. The van der Waals surface area contributed by atoms with Gasteiger partial charge in [-0.3, -0.25) is 4.79 Å². The number of carbonyl (C=O) groups is 1. The normalized spacial score (nSPS) is 13.3. The summed E-state index contributed by atoms with van der Waals surface area (Å²) in [6.07, 6.45) is 1.43. The second-order valence-corrected chi connectivity index (χ2v) is 9.05. The molecule has 1 heterocycles. The number of carbonyl (C=O) groups excluding carboxylic acids is 1. The van der Waals surface area contributed by atoms with Gasteiger partial charge < -0.3 is 19.8 Å². The number of aromatic nitrogens is 1. The smallest absolute Gasteiger partial charge is 0.334 e. The van der Waals surface area contributed by atoms with Gasteiger partial charge in [0.1, 0.15) is 23.8 Å². The molecule has 34 heavy (non-hydrogen) atoms. The lowest BCUT2D eigenvalue weighted by Gasteiger charge is -2.31. The average Bonchev–Trinajstić information content (AvgIpc) is 2.77. The largest absolute Gasteiger partial charge is 0.485 e. The summed E-state index contributed by atoms with van der Waals surface area (Å²) in [6, 6.07) is 13.4. The number of pyridine rings is 1. The zero-order valence-corrected chi connectivity index (χ0v) is 19.6. The lowest BCUT2D eigenvalue weighted by Crippen LogP contribution is -2.52. The topological polar surface area (TPSA) is 83.6 Å². The van der Waals surface area contributed by atoms with Crippen molar-refractivity contribution in [2.24, 2.45) is 5.73 Å². The number of halogens is 2. The molecule has 1 atom stereocenters. The number of nitrogens with zero attached hydrogens (tertiary/aromatic N) is 1. The summed E-state index contributed by atoms with van der Waals surface area (Å²) in [4.78, 5) is 25.6. The molecule has 3 aromatic rings. The summed E-state index contributed by atoms with van der Waals surface area (Å²) in [5.74, 6) is -2.19. The lowest BCUT2D eigenvalue weighted by molar-refractivity contribution is -0.163. The Hall–Kier alpha value is -3.52. The predicted octanol–water partition coefficient (Wildman–Crippen LogP) is 4.06. The highest BCUT2D eigenvalue weighted by Gasteiger charge is 2.41. The van der Waals surface area contributed by atoms with E-state index in [2.05, 4.69) is 0 Å². The summed E-state index contributed by atoms with van der Waals surface area (Å²) in [7, 11) is 0. The monoisotopic (exact) mass is 470 g/mol. The van der Waals surface area contributed by atoms with Crippen molar-refractivity contribution in [2.75, 3.05) is 6.61 Å². The molecule has 2 N–H and O–H groups in total. The Balaban J connectivity index is 1.95. The number of hydrogen-bond donors (Lipinski definition) is 1. The van der Waals surface area contributed by atoms with Gasteiger partial charge in [-0.15, -0.1) is 0 Å². The van der Waals surface area contributed by atoms with Crippen molar-refractivity contribution >= 4 is 5.97 Å². The number of nitrogens with two attached hydrogens (primary N) is 1. The molecular weight excluding hydrogens is 442 g/mol. The maximum Gasteiger partial charge on any atom is 0.334 e. The van der Waals surface area contributed by atoms with Crippen LogP contribution in [0.1, 0.15) is 37.6 Å². The third-order valence-corrected chi connectivity index (χ3v) is 5.28. The number of benzene rings is 2. The van der Waals surface area contributed by atoms with Crippen molar-refractivity contribution in [3.05, 3.63) is 99.5 Å². The molecule has 0 aliphatic carbocycles. The maximum absolute atomic E-state index is 14.1. The third-order valence-electron chi connectivity index (χ3n) is 5.28. The maximum atomic E-state index is 14.1. The van der Waals surface area contributed by atoms with E-state index in [9.17, 15) is 18.4 Å². The van der Waals surface area contributed by atoms with Gasteiger partial charge in [-0.1, -0.05) is 36.4 Å². The molecule has 8 heteroatoms. The molecule has 6 nitrogen and oxygen atoms in total. The number of hydrogen-bond acceptors (Lipinski definition) is 5. The SMILES string of the molecule is Cc1c(OC[C@@](N)(C(=O)OC(C)(C)C)c2ccccc2)c(=O)ccn1Cc1c(F)cccc1F. The van der Waals surface area contributed by atoms with Gasteiger partial charge in [0.2, 0.25) is 5.43 Å². The van der Waals surface area contributed by atoms with E-state index in [0.717, 1.165) is 12.1 Å². The predicted molar refractivity (Wildman–Crippen MR) is 125 cm³/mol. The number of ether oxygens (including phenoxy) is 2. The van der Waals surface area contributed by atoms with E-state index in [4.69, 9.17) is 15.2 Å². The van der Waals surface area contributed by atoms with Crippen LogP contribution in [0.5, 0.6) is 5.75 Å². The summed E-state index contributed by atoms with van der Waals surface area (Å²) in [5, 5.41) is 0. The van der Waals surface area contributed by atoms with Crippen LogP contribution in [-0.2, 0) is 21.6 Å². The minimum atomic E-state index is -1.70. The molecule has 1 aromatic heterocycles. The first-order chi connectivity index (χ1) is 15.9. The van der Waals surface area contributed by atoms with Gasteiger partial charge in [0, 0.05) is 17.8 Å². The molecule has 0 amide bonds. The van der Waals surface area contributed by atoms with Crippen LogP contribution >= 0.6 is 0 Å². The van der Waals surface area contributed by atoms with Gasteiger partial charge in [0.15, 0.2) is 11.3 Å². The Bertz CT molecular complexity index is 1220. The van der Waals surface area contributed by atoms with Crippen LogP contribution in [-0.4, -0.2) is 22.7 Å². The fraction of sp³-hybridized carbons (Fsp3) is 0.308. The van der Waals surface area contributed by atoms with Crippen molar-refractivity contribution < 1.29 is 23.0 Å². The molecule has 0 radical (unpaired) electrons. The van der Waals surface area contributed by atoms with E-state index < -0.39 is 34.2 Å². The van der Waals surface area contributed by atoms with E-state index in [-0.39, 0.29) is 24.5 Å². The fourth-order valence-electron chi connectivity index (χ4n) is 3.41. The van der Waals surface area contributed by atoms with Crippen molar-refractivity contribution in [1.29, 1.82) is 0 Å². The van der Waals surface area contributed by atoms with Gasteiger partial charge in [0.25, 0.3) is 0 Å². The van der Waals surface area contributed by atoms with Gasteiger partial charge in [-0.25, -0.2) is 13.6 Å². The summed E-state index contributed by atoms with van der Waals surface area (Å²) in [6.45, 7) is 6.21. The van der Waals surface area contributed by atoms with Gasteiger partial charge >= 0.3 is 5.97 Å². The summed E-state index contributed by atoms with van der Waals surface area (Å²) >= 11 is 0. The van der Waals surface area contributed by atoms with E-state index in [0.29, 0.717) is 11.3 Å². The standard InChI is InChI=1S/C26H28F2N2O4/c1-17-23(22(31)13-14-30(17)15-19-20(27)11-8-12-21(19)28)33-16-26(29,18-9-6-5-7-10-18)24(32)34-25(2,3)4/h5-14H,15-16,29H2,1-4H3/t26-/m0/s1. The third kappa shape index (κ3) is 5.51. The van der Waals surface area contributed by atoms with Crippen LogP contribution in [0.3, 0.4) is 0 Å². The van der Waals surface area contributed by atoms with Crippen LogP contribution < -0.4 is 15.9 Å². The Labute approximate surface area is 196 Å². The average molecular weight is 471 g/mol. The zero-order chi connectivity index (χ0) is 25.1. The van der Waals surface area contributed by atoms with E-state index >= 15 is 0 Å². The van der Waals surface area contributed by atoms with Gasteiger partial charge in [-0.2, -0.15) is 0 Å². The molecular formula is C26H28F2N2O4. The molecule has 0 bridgehead atoms. The Kier molecular flexibility index (Phi) is 7.21. The fourth-order valence-corrected chi connectivity index (χ4v) is 3.41. The molecule has 0 unspecified atom stereocenters. The molecule has 0 aliphatic heterocycles. The summed E-state index contributed by atoms with van der Waals surface area (Å²) in [5.41, 5.74) is 4.19. The minimum absolute atomic E-state index is 0.0754. The Morgan fingerprint density at radius 3 is 2.21 bits per heavy atom. The van der Waals surface area contributed by atoms with Crippen LogP contribution in [0.15, 0.2) is 65.6 Å². The van der Waals surface area contributed by atoms with Crippen LogP contribution in [0.4, 0.5) is 8.78 Å². The van der Waals surface area contributed by atoms with Crippen LogP contribution in [0, 0.1) is 18.6 Å². The second kappa shape index (κ2) is 9.77. The van der Waals surface area contributed by atoms with Crippen molar-refractivity contribution in [2.45, 2.75) is 45.4 Å². The molecule has 0 saturated heterocycles. The molecule has 0 saturated carbocycles. The van der Waals surface area contributed by atoms with E-state index in [1.807, 2.05) is 0 Å². The zero-order valence-electron chi connectivity index (χ0n) is 19.6. The highest BCUT2D eigenvalue weighted by molar-refractivity contribution is 5.83. The first kappa shape index (κ1) is 25.1. The number of esters is 1. The van der Waals surface area contributed by atoms with E-state index in [1.165, 1.54) is 22.9 Å². The number of rotatable bonds is 7.